The molecule has 98 valence electrons. The monoisotopic (exact) mass is 264 g/mol. The van der Waals surface area contributed by atoms with Gasteiger partial charge >= 0.3 is 0 Å². The van der Waals surface area contributed by atoms with Crippen LogP contribution in [0.4, 0.5) is 5.69 Å². The topological polar surface area (TPSA) is 59.8 Å². The van der Waals surface area contributed by atoms with Crippen molar-refractivity contribution in [2.24, 2.45) is 0 Å². The number of anilines is 1. The highest BCUT2D eigenvalue weighted by atomic mass is 16.1. The third-order valence-corrected chi connectivity index (χ3v) is 2.87. The summed E-state index contributed by atoms with van der Waals surface area (Å²) in [5.74, 6) is -0.145. The van der Waals surface area contributed by atoms with Crippen LogP contribution < -0.4 is 5.32 Å². The summed E-state index contributed by atoms with van der Waals surface area (Å²) in [5, 5.41) is 2.81. The molecule has 0 aliphatic carbocycles. The molecule has 0 aliphatic heterocycles. The first kappa shape index (κ1) is 12.1. The summed E-state index contributed by atoms with van der Waals surface area (Å²) in [6.45, 7) is 0. The maximum absolute atomic E-state index is 12.1. The Labute approximate surface area is 115 Å². The average Bonchev–Trinajstić information content (AvgIpc) is 3.03. The summed E-state index contributed by atoms with van der Waals surface area (Å²) in [7, 11) is 0. The molecule has 20 heavy (non-hydrogen) atoms. The minimum absolute atomic E-state index is 0.145. The molecule has 0 saturated carbocycles. The quantitative estimate of drug-likeness (QED) is 0.790. The third-order valence-electron chi connectivity index (χ3n) is 2.87. The van der Waals surface area contributed by atoms with Crippen LogP contribution in [0, 0.1) is 0 Å². The van der Waals surface area contributed by atoms with Gasteiger partial charge in [0.05, 0.1) is 6.33 Å². The lowest BCUT2D eigenvalue weighted by Crippen LogP contribution is -2.11. The van der Waals surface area contributed by atoms with Gasteiger partial charge in [0.1, 0.15) is 0 Å². The molecular formula is C15H12N4O. The van der Waals surface area contributed by atoms with Crippen molar-refractivity contribution in [2.45, 2.75) is 0 Å². The molecule has 0 spiro atoms. The van der Waals surface area contributed by atoms with E-state index in [1.54, 1.807) is 49.2 Å². The van der Waals surface area contributed by atoms with Gasteiger partial charge in [-0.2, -0.15) is 0 Å². The second-order valence-electron chi connectivity index (χ2n) is 4.21. The van der Waals surface area contributed by atoms with Crippen molar-refractivity contribution in [1.82, 2.24) is 14.5 Å². The number of amides is 1. The van der Waals surface area contributed by atoms with Crippen LogP contribution in [0.2, 0.25) is 0 Å². The molecule has 1 amide bonds. The smallest absolute Gasteiger partial charge is 0.255 e. The fourth-order valence-electron chi connectivity index (χ4n) is 1.84. The highest BCUT2D eigenvalue weighted by molar-refractivity contribution is 6.04. The zero-order chi connectivity index (χ0) is 13.8. The highest BCUT2D eigenvalue weighted by Gasteiger charge is 2.06. The summed E-state index contributed by atoms with van der Waals surface area (Å²) in [4.78, 5) is 20.0. The zero-order valence-electron chi connectivity index (χ0n) is 10.6. The van der Waals surface area contributed by atoms with E-state index in [4.69, 9.17) is 0 Å². The van der Waals surface area contributed by atoms with E-state index >= 15 is 0 Å². The molecule has 0 aliphatic rings. The van der Waals surface area contributed by atoms with Gasteiger partial charge in [0.25, 0.3) is 5.91 Å². The predicted octanol–water partition coefficient (Wildman–Crippen LogP) is 2.52. The second-order valence-corrected chi connectivity index (χ2v) is 4.21. The zero-order valence-corrected chi connectivity index (χ0v) is 10.6. The van der Waals surface area contributed by atoms with Gasteiger partial charge in [0.15, 0.2) is 0 Å². The minimum Gasteiger partial charge on any atom is -0.322 e. The number of pyridine rings is 1. The number of hydrogen-bond donors (Lipinski definition) is 1. The van der Waals surface area contributed by atoms with Gasteiger partial charge in [-0.05, 0) is 36.4 Å². The number of aromatic nitrogens is 3. The van der Waals surface area contributed by atoms with E-state index in [9.17, 15) is 4.79 Å². The van der Waals surface area contributed by atoms with Crippen LogP contribution in [-0.4, -0.2) is 20.4 Å². The first-order chi connectivity index (χ1) is 9.83. The Bertz CT molecular complexity index is 691. The molecule has 2 heterocycles. The van der Waals surface area contributed by atoms with Crippen LogP contribution in [0.5, 0.6) is 0 Å². The Morgan fingerprint density at radius 3 is 2.35 bits per heavy atom. The van der Waals surface area contributed by atoms with Gasteiger partial charge in [0, 0.05) is 41.7 Å². The first-order valence-electron chi connectivity index (χ1n) is 6.13. The number of nitrogens with zero attached hydrogens (tertiary/aromatic N) is 3. The predicted molar refractivity (Wildman–Crippen MR) is 75.8 cm³/mol. The Kier molecular flexibility index (Phi) is 3.24. The number of imidazole rings is 1. The minimum atomic E-state index is -0.145. The first-order valence-corrected chi connectivity index (χ1v) is 6.13. The van der Waals surface area contributed by atoms with Crippen molar-refractivity contribution >= 4 is 11.6 Å². The Hall–Kier alpha value is -2.95. The Balaban J connectivity index is 1.76. The number of carbonyl (C=O) groups is 1. The molecule has 2 aromatic heterocycles. The van der Waals surface area contributed by atoms with E-state index in [0.717, 1.165) is 11.4 Å². The van der Waals surface area contributed by atoms with Crippen LogP contribution >= 0.6 is 0 Å². The lowest BCUT2D eigenvalue weighted by atomic mass is 10.2. The number of nitrogens with one attached hydrogen (secondary N) is 1. The van der Waals surface area contributed by atoms with Gasteiger partial charge in [-0.3, -0.25) is 9.78 Å². The van der Waals surface area contributed by atoms with E-state index in [0.29, 0.717) is 5.56 Å². The van der Waals surface area contributed by atoms with Gasteiger partial charge in [-0.1, -0.05) is 0 Å². The molecule has 0 saturated heterocycles. The van der Waals surface area contributed by atoms with Crippen molar-refractivity contribution in [2.75, 3.05) is 5.32 Å². The van der Waals surface area contributed by atoms with E-state index in [1.807, 2.05) is 22.9 Å². The fraction of sp³-hybridized carbons (Fsp3) is 0. The van der Waals surface area contributed by atoms with Crippen LogP contribution in [0.3, 0.4) is 0 Å². The van der Waals surface area contributed by atoms with Gasteiger partial charge in [0.2, 0.25) is 0 Å². The molecule has 3 rings (SSSR count). The number of rotatable bonds is 3. The summed E-state index contributed by atoms with van der Waals surface area (Å²) >= 11 is 0. The summed E-state index contributed by atoms with van der Waals surface area (Å²) in [5.41, 5.74) is 2.29. The molecule has 1 aromatic carbocycles. The molecule has 5 nitrogen and oxygen atoms in total. The standard InChI is InChI=1S/C15H12N4O/c20-15(18-13-5-7-16-8-6-13)12-1-3-14(4-2-12)19-10-9-17-11-19/h1-11H,(H,16,18,20). The number of carbonyl (C=O) groups excluding carboxylic acids is 1. The SMILES string of the molecule is O=C(Nc1ccncc1)c1ccc(-n2ccnc2)cc1. The fourth-order valence-corrected chi connectivity index (χ4v) is 1.84. The molecule has 0 fully saturated rings. The largest absolute Gasteiger partial charge is 0.322 e. The van der Waals surface area contributed by atoms with E-state index in [2.05, 4.69) is 15.3 Å². The lowest BCUT2D eigenvalue weighted by molar-refractivity contribution is 0.102. The van der Waals surface area contributed by atoms with E-state index < -0.39 is 0 Å². The molecule has 0 radical (unpaired) electrons. The summed E-state index contributed by atoms with van der Waals surface area (Å²) < 4.78 is 1.88. The lowest BCUT2D eigenvalue weighted by Gasteiger charge is -2.06. The maximum atomic E-state index is 12.1. The normalized spacial score (nSPS) is 10.2. The van der Waals surface area contributed by atoms with Crippen LogP contribution in [0.25, 0.3) is 5.69 Å². The van der Waals surface area contributed by atoms with Crippen LogP contribution in [-0.2, 0) is 0 Å². The number of hydrogen-bond acceptors (Lipinski definition) is 3. The van der Waals surface area contributed by atoms with Crippen LogP contribution in [0.1, 0.15) is 10.4 Å². The summed E-state index contributed by atoms with van der Waals surface area (Å²) in [6, 6.07) is 10.8. The van der Waals surface area contributed by atoms with Crippen LogP contribution in [0.15, 0.2) is 67.5 Å². The molecular weight excluding hydrogens is 252 g/mol. The van der Waals surface area contributed by atoms with Gasteiger partial charge < -0.3 is 9.88 Å². The molecule has 1 N–H and O–H groups in total. The Morgan fingerprint density at radius 1 is 0.950 bits per heavy atom. The number of benzene rings is 1. The van der Waals surface area contributed by atoms with E-state index in [-0.39, 0.29) is 5.91 Å². The Morgan fingerprint density at radius 2 is 1.70 bits per heavy atom. The molecule has 0 unspecified atom stereocenters. The second kappa shape index (κ2) is 5.36. The molecule has 5 heteroatoms. The van der Waals surface area contributed by atoms with Crippen molar-refractivity contribution in [3.8, 4) is 5.69 Å². The van der Waals surface area contributed by atoms with Crippen molar-refractivity contribution in [1.29, 1.82) is 0 Å². The van der Waals surface area contributed by atoms with E-state index in [1.165, 1.54) is 0 Å². The molecule has 0 bridgehead atoms. The van der Waals surface area contributed by atoms with Gasteiger partial charge in [-0.15, -0.1) is 0 Å². The van der Waals surface area contributed by atoms with Crippen molar-refractivity contribution < 1.29 is 4.79 Å². The summed E-state index contributed by atoms with van der Waals surface area (Å²) in [6.07, 6.45) is 8.55. The van der Waals surface area contributed by atoms with Crippen molar-refractivity contribution in [3.05, 3.63) is 73.1 Å². The average molecular weight is 264 g/mol. The highest BCUT2D eigenvalue weighted by Crippen LogP contribution is 2.11. The maximum Gasteiger partial charge on any atom is 0.255 e. The van der Waals surface area contributed by atoms with Gasteiger partial charge in [-0.25, -0.2) is 4.98 Å². The molecule has 3 aromatic rings. The van der Waals surface area contributed by atoms with Crippen molar-refractivity contribution in [3.63, 3.8) is 0 Å². The third kappa shape index (κ3) is 2.56. The molecule has 0 atom stereocenters.